The van der Waals surface area contributed by atoms with E-state index in [1.165, 1.54) is 54.2 Å². The Morgan fingerprint density at radius 2 is 1.06 bits per heavy atom. The molecule has 3 heteroatoms. The molecule has 0 saturated carbocycles. The number of benzene rings is 6. The summed E-state index contributed by atoms with van der Waals surface area (Å²) in [4.78, 5) is 0. The van der Waals surface area contributed by atoms with Gasteiger partial charge in [-0.1, -0.05) is 91.0 Å². The lowest BCUT2D eigenvalue weighted by atomic mass is 9.74. The Kier molecular flexibility index (Phi) is 4.23. The van der Waals surface area contributed by atoms with Crippen LogP contribution in [-0.4, -0.2) is 18.3 Å². The third-order valence-corrected chi connectivity index (χ3v) is 8.29. The van der Waals surface area contributed by atoms with E-state index >= 15 is 0 Å². The Morgan fingerprint density at radius 1 is 0.486 bits per heavy atom. The molecule has 7 rings (SSSR count). The molecular formula is C32H27BO2. The van der Waals surface area contributed by atoms with Crippen molar-refractivity contribution in [2.45, 2.75) is 38.9 Å². The van der Waals surface area contributed by atoms with Crippen LogP contribution in [0.1, 0.15) is 27.7 Å². The highest BCUT2D eigenvalue weighted by molar-refractivity contribution is 6.65. The van der Waals surface area contributed by atoms with E-state index in [4.69, 9.17) is 9.31 Å². The summed E-state index contributed by atoms with van der Waals surface area (Å²) in [7, 11) is -0.387. The predicted molar refractivity (Wildman–Crippen MR) is 149 cm³/mol. The fourth-order valence-corrected chi connectivity index (χ4v) is 5.69. The Morgan fingerprint density at radius 3 is 1.83 bits per heavy atom. The minimum atomic E-state index is -0.387. The summed E-state index contributed by atoms with van der Waals surface area (Å²) in [6.07, 6.45) is 0. The quantitative estimate of drug-likeness (QED) is 0.197. The van der Waals surface area contributed by atoms with Crippen molar-refractivity contribution < 1.29 is 9.31 Å². The van der Waals surface area contributed by atoms with Gasteiger partial charge in [0.2, 0.25) is 0 Å². The van der Waals surface area contributed by atoms with E-state index in [1.54, 1.807) is 0 Å². The van der Waals surface area contributed by atoms with Gasteiger partial charge in [-0.2, -0.15) is 0 Å². The van der Waals surface area contributed by atoms with Crippen LogP contribution >= 0.6 is 0 Å². The van der Waals surface area contributed by atoms with Crippen molar-refractivity contribution in [1.82, 2.24) is 0 Å². The maximum absolute atomic E-state index is 6.46. The first-order valence-electron chi connectivity index (χ1n) is 12.4. The van der Waals surface area contributed by atoms with Crippen molar-refractivity contribution >= 4 is 55.7 Å². The predicted octanol–water partition coefficient (Wildman–Crippen LogP) is 7.70. The standard InChI is InChI=1S/C32H27BO2/c1-31(2)32(3,4)35-33(34-31)28-19-15-22-13-17-26-25(16-12-21-14-18-27(28)30(22)29(21)26)24-11-7-9-20-8-5-6-10-23(20)24/h5-19H,1-4H3. The third-order valence-electron chi connectivity index (χ3n) is 8.29. The first-order chi connectivity index (χ1) is 16.8. The SMILES string of the molecule is CC1(C)OB(c2ccc3ccc4c(-c5cccc6ccccc56)ccc5ccc2c3c54)OC1(C)C. The molecular weight excluding hydrogens is 427 g/mol. The maximum Gasteiger partial charge on any atom is 0.495 e. The summed E-state index contributed by atoms with van der Waals surface area (Å²) < 4.78 is 12.9. The van der Waals surface area contributed by atoms with Crippen LogP contribution in [0.2, 0.25) is 0 Å². The molecule has 0 radical (unpaired) electrons. The van der Waals surface area contributed by atoms with Gasteiger partial charge in [-0.25, -0.2) is 0 Å². The second-order valence-electron chi connectivity index (χ2n) is 10.8. The smallest absolute Gasteiger partial charge is 0.399 e. The molecule has 1 heterocycles. The lowest BCUT2D eigenvalue weighted by molar-refractivity contribution is 0.00578. The number of hydrogen-bond donors (Lipinski definition) is 0. The molecule has 1 aliphatic heterocycles. The van der Waals surface area contributed by atoms with Gasteiger partial charge in [-0.05, 0) is 87.4 Å². The van der Waals surface area contributed by atoms with E-state index in [0.717, 1.165) is 5.46 Å². The van der Waals surface area contributed by atoms with Gasteiger partial charge in [0.25, 0.3) is 0 Å². The first kappa shape index (κ1) is 20.9. The van der Waals surface area contributed by atoms with Gasteiger partial charge in [-0.15, -0.1) is 0 Å². The molecule has 0 aliphatic carbocycles. The summed E-state index contributed by atoms with van der Waals surface area (Å²) in [5.74, 6) is 0. The van der Waals surface area contributed by atoms with Crippen molar-refractivity contribution in [3.05, 3.63) is 91.0 Å². The molecule has 0 aromatic heterocycles. The molecule has 0 amide bonds. The molecule has 1 saturated heterocycles. The Labute approximate surface area is 205 Å². The summed E-state index contributed by atoms with van der Waals surface area (Å²) >= 11 is 0. The Balaban J connectivity index is 1.51. The van der Waals surface area contributed by atoms with E-state index in [9.17, 15) is 0 Å². The second-order valence-corrected chi connectivity index (χ2v) is 10.8. The van der Waals surface area contributed by atoms with Crippen molar-refractivity contribution in [1.29, 1.82) is 0 Å². The zero-order chi connectivity index (χ0) is 23.9. The van der Waals surface area contributed by atoms with Crippen LogP contribution in [-0.2, 0) is 9.31 Å². The zero-order valence-electron chi connectivity index (χ0n) is 20.6. The van der Waals surface area contributed by atoms with Crippen molar-refractivity contribution in [2.75, 3.05) is 0 Å². The lowest BCUT2D eigenvalue weighted by Crippen LogP contribution is -2.41. The molecule has 0 N–H and O–H groups in total. The van der Waals surface area contributed by atoms with Crippen LogP contribution in [0.3, 0.4) is 0 Å². The van der Waals surface area contributed by atoms with Crippen LogP contribution < -0.4 is 5.46 Å². The number of fused-ring (bicyclic) bond motifs is 1. The van der Waals surface area contributed by atoms with E-state index in [-0.39, 0.29) is 18.3 Å². The van der Waals surface area contributed by atoms with Gasteiger partial charge in [0.1, 0.15) is 0 Å². The molecule has 0 unspecified atom stereocenters. The van der Waals surface area contributed by atoms with Crippen LogP contribution in [0.25, 0.3) is 54.2 Å². The minimum absolute atomic E-state index is 0.372. The summed E-state index contributed by atoms with van der Waals surface area (Å²) in [6.45, 7) is 8.44. The highest BCUT2D eigenvalue weighted by atomic mass is 16.7. The first-order valence-corrected chi connectivity index (χ1v) is 12.4. The monoisotopic (exact) mass is 454 g/mol. The van der Waals surface area contributed by atoms with Crippen molar-refractivity contribution in [2.24, 2.45) is 0 Å². The molecule has 1 fully saturated rings. The molecule has 35 heavy (non-hydrogen) atoms. The molecule has 170 valence electrons. The fourth-order valence-electron chi connectivity index (χ4n) is 5.69. The van der Waals surface area contributed by atoms with E-state index < -0.39 is 0 Å². The molecule has 6 aromatic carbocycles. The van der Waals surface area contributed by atoms with Gasteiger partial charge >= 0.3 is 7.12 Å². The highest BCUT2D eigenvalue weighted by Crippen LogP contribution is 2.42. The highest BCUT2D eigenvalue weighted by Gasteiger charge is 2.52. The molecule has 2 nitrogen and oxygen atoms in total. The normalized spacial score (nSPS) is 17.3. The van der Waals surface area contributed by atoms with Gasteiger partial charge in [0.15, 0.2) is 0 Å². The molecule has 6 aromatic rings. The Bertz CT molecular complexity index is 1740. The molecule has 0 bridgehead atoms. The van der Waals surface area contributed by atoms with Gasteiger partial charge < -0.3 is 9.31 Å². The maximum atomic E-state index is 6.46. The molecule has 0 atom stereocenters. The number of hydrogen-bond acceptors (Lipinski definition) is 2. The van der Waals surface area contributed by atoms with Gasteiger partial charge in [0.05, 0.1) is 11.2 Å². The molecule has 0 spiro atoms. The van der Waals surface area contributed by atoms with Crippen LogP contribution in [0, 0.1) is 0 Å². The summed E-state index contributed by atoms with van der Waals surface area (Å²) in [6, 6.07) is 33.2. The topological polar surface area (TPSA) is 18.5 Å². The summed E-state index contributed by atoms with van der Waals surface area (Å²) in [5.41, 5.74) is 2.89. The average molecular weight is 454 g/mol. The van der Waals surface area contributed by atoms with Crippen molar-refractivity contribution in [3.8, 4) is 11.1 Å². The van der Waals surface area contributed by atoms with Crippen LogP contribution in [0.4, 0.5) is 0 Å². The third kappa shape index (κ3) is 2.92. The van der Waals surface area contributed by atoms with E-state index in [2.05, 4.69) is 119 Å². The second kappa shape index (κ2) is 7.07. The van der Waals surface area contributed by atoms with Crippen molar-refractivity contribution in [3.63, 3.8) is 0 Å². The minimum Gasteiger partial charge on any atom is -0.399 e. The van der Waals surface area contributed by atoms with Crippen LogP contribution in [0.15, 0.2) is 91.0 Å². The van der Waals surface area contributed by atoms with Gasteiger partial charge in [-0.3, -0.25) is 0 Å². The number of rotatable bonds is 2. The lowest BCUT2D eigenvalue weighted by Gasteiger charge is -2.32. The largest absolute Gasteiger partial charge is 0.495 e. The molecule has 1 aliphatic rings. The van der Waals surface area contributed by atoms with E-state index in [0.29, 0.717) is 0 Å². The summed E-state index contributed by atoms with van der Waals surface area (Å²) in [5, 5.41) is 10.1. The fraction of sp³-hybridized carbons (Fsp3) is 0.188. The van der Waals surface area contributed by atoms with E-state index in [1.807, 2.05) is 0 Å². The Hall–Kier alpha value is -3.40. The average Bonchev–Trinajstić information content (AvgIpc) is 3.08. The van der Waals surface area contributed by atoms with Crippen LogP contribution in [0.5, 0.6) is 0 Å². The van der Waals surface area contributed by atoms with Gasteiger partial charge in [0, 0.05) is 0 Å². The zero-order valence-corrected chi connectivity index (χ0v) is 20.6.